The van der Waals surface area contributed by atoms with Crippen molar-refractivity contribution in [3.8, 4) is 0 Å². The van der Waals surface area contributed by atoms with E-state index in [-0.39, 0.29) is 0 Å². The topological polar surface area (TPSA) is 0 Å². The number of rotatable bonds is 3. The molecule has 3 aromatic carbocycles. The second-order valence-electron chi connectivity index (χ2n) is 5.35. The van der Waals surface area contributed by atoms with Gasteiger partial charge in [-0.3, -0.25) is 0 Å². The van der Waals surface area contributed by atoms with Crippen molar-refractivity contribution in [2.75, 3.05) is 0 Å². The second kappa shape index (κ2) is 14.5. The zero-order chi connectivity index (χ0) is 19.2. The monoisotopic (exact) mass is 640 g/mol. The molecular weight excluding hydrogens is 620 g/mol. The van der Waals surface area contributed by atoms with E-state index in [9.17, 15) is 0 Å². The Bertz CT molecular complexity index is 702. The summed E-state index contributed by atoms with van der Waals surface area (Å²) >= 11 is 4.49. The van der Waals surface area contributed by atoms with Crippen molar-refractivity contribution < 1.29 is 8.26 Å². The maximum Gasteiger partial charge on any atom is -0.0134 e. The summed E-state index contributed by atoms with van der Waals surface area (Å²) in [5.74, 6) is 0. The molecule has 4 heteroatoms. The van der Waals surface area contributed by atoms with E-state index in [1.165, 1.54) is 24.2 Å². The molecule has 0 saturated carbocycles. The smallest absolute Gasteiger partial charge is 0.0134 e. The molecule has 0 saturated heterocycles. The number of benzene rings is 3. The van der Waals surface area contributed by atoms with Crippen molar-refractivity contribution in [1.82, 2.24) is 0 Å². The number of halogens is 2. The van der Waals surface area contributed by atoms with E-state index in [4.69, 9.17) is 0 Å². The van der Waals surface area contributed by atoms with E-state index < -0.39 is 7.92 Å². The predicted molar refractivity (Wildman–Crippen MR) is 136 cm³/mol. The summed E-state index contributed by atoms with van der Waals surface area (Å²) in [6.45, 7) is 0. The van der Waals surface area contributed by atoms with Crippen molar-refractivity contribution >= 4 is 64.7 Å². The summed E-state index contributed by atoms with van der Waals surface area (Å²) in [7, 11) is 0.932. The third kappa shape index (κ3) is 8.61. The maximum absolute atomic E-state index is 2.24. The molecule has 1 radical (unpaired) electrons. The van der Waals surface area contributed by atoms with Gasteiger partial charge < -0.3 is 0 Å². The van der Waals surface area contributed by atoms with Crippen LogP contribution < -0.4 is 15.9 Å². The molecule has 140 valence electrons. The van der Waals surface area contributed by atoms with E-state index in [0.717, 1.165) is 0 Å². The van der Waals surface area contributed by atoms with Crippen LogP contribution in [0.2, 0.25) is 0 Å². The SMILES string of the molecule is [CH]1C=CC=C1.[I][Co][I].c1ccc(P(c2ccccc2)c2ccccc2)cc1. The molecule has 0 aromatic heterocycles. The Morgan fingerprint density at radius 1 is 0.481 bits per heavy atom. The Labute approximate surface area is 192 Å². The predicted octanol–water partition coefficient (Wildman–Crippen LogP) is 6.53. The van der Waals surface area contributed by atoms with Crippen molar-refractivity contribution in [3.05, 3.63) is 122 Å². The first-order valence-electron chi connectivity index (χ1n) is 8.32. The summed E-state index contributed by atoms with van der Waals surface area (Å²) in [6, 6.07) is 32.3. The molecule has 0 heterocycles. The molecule has 0 unspecified atom stereocenters. The van der Waals surface area contributed by atoms with Crippen molar-refractivity contribution in [1.29, 1.82) is 0 Å². The van der Waals surface area contributed by atoms with Crippen LogP contribution >= 0.6 is 48.8 Å². The van der Waals surface area contributed by atoms with E-state index in [1.54, 1.807) is 0 Å². The van der Waals surface area contributed by atoms with Gasteiger partial charge in [-0.15, -0.1) is 0 Å². The molecule has 0 fully saturated rings. The van der Waals surface area contributed by atoms with Gasteiger partial charge in [-0.25, -0.2) is 0 Å². The van der Waals surface area contributed by atoms with Crippen molar-refractivity contribution in [2.24, 2.45) is 0 Å². The van der Waals surface area contributed by atoms with Gasteiger partial charge in [0.25, 0.3) is 0 Å². The molecule has 0 aliphatic heterocycles. The standard InChI is InChI=1S/C18H15P.C5H5.Co.2HI/c1-4-10-16(11-5-1)19(17-12-6-2-7-13-17)18-14-8-3-9-15-18;1-2-4-5-3-1;;;/h1-15H;1-5H;;2*1H/q;;+2;;/p-2. The van der Waals surface area contributed by atoms with E-state index in [2.05, 4.69) is 132 Å². The van der Waals surface area contributed by atoms with Crippen LogP contribution in [-0.4, -0.2) is 0 Å². The largest absolute Gasteiger partial charge is 0.0622 e. The van der Waals surface area contributed by atoms with Gasteiger partial charge in [0.1, 0.15) is 0 Å². The van der Waals surface area contributed by atoms with Crippen LogP contribution in [0.1, 0.15) is 0 Å². The molecule has 1 aliphatic carbocycles. The fraction of sp³-hybridized carbons (Fsp3) is 0. The fourth-order valence-electron chi connectivity index (χ4n) is 2.50. The zero-order valence-corrected chi connectivity index (χ0v) is 20.8. The van der Waals surface area contributed by atoms with Gasteiger partial charge in [0.05, 0.1) is 0 Å². The quantitative estimate of drug-likeness (QED) is 0.226. The average Bonchev–Trinajstić information content (AvgIpc) is 3.32. The van der Waals surface area contributed by atoms with Gasteiger partial charge in [0, 0.05) is 6.42 Å². The van der Waals surface area contributed by atoms with Crippen LogP contribution in [0, 0.1) is 6.42 Å². The molecule has 0 N–H and O–H groups in total. The first-order valence-corrected chi connectivity index (χ1v) is 16.4. The first kappa shape index (κ1) is 22.8. The molecule has 4 rings (SSSR count). The fourth-order valence-corrected chi connectivity index (χ4v) is 4.80. The molecule has 27 heavy (non-hydrogen) atoms. The van der Waals surface area contributed by atoms with Gasteiger partial charge in [-0.05, 0) is 23.8 Å². The third-order valence-corrected chi connectivity index (χ3v) is 6.04. The summed E-state index contributed by atoms with van der Waals surface area (Å²) in [4.78, 5) is 0. The molecule has 0 spiro atoms. The van der Waals surface area contributed by atoms with Gasteiger partial charge >= 0.3 is 49.1 Å². The van der Waals surface area contributed by atoms with Crippen LogP contribution in [0.4, 0.5) is 0 Å². The normalized spacial score (nSPS) is 11.5. The Morgan fingerprint density at radius 3 is 1.00 bits per heavy atom. The van der Waals surface area contributed by atoms with Crippen LogP contribution in [0.5, 0.6) is 0 Å². The summed E-state index contributed by atoms with van der Waals surface area (Å²) < 4.78 is 0. The third-order valence-electron chi connectivity index (χ3n) is 3.60. The molecule has 0 bridgehead atoms. The van der Waals surface area contributed by atoms with E-state index >= 15 is 0 Å². The van der Waals surface area contributed by atoms with Crippen LogP contribution in [0.15, 0.2) is 115 Å². The Morgan fingerprint density at radius 2 is 0.778 bits per heavy atom. The maximum atomic E-state index is 2.24. The van der Waals surface area contributed by atoms with Gasteiger partial charge in [-0.2, -0.15) is 0 Å². The minimum Gasteiger partial charge on any atom is -0.0622 e. The summed E-state index contributed by atoms with van der Waals surface area (Å²) in [6.07, 6.45) is 10.0. The number of hydrogen-bond donors (Lipinski definition) is 0. The summed E-state index contributed by atoms with van der Waals surface area (Å²) in [5, 5.41) is 4.19. The molecule has 3 aromatic rings. The average molecular weight is 640 g/mol. The van der Waals surface area contributed by atoms with Gasteiger partial charge in [-0.1, -0.05) is 115 Å². The molecule has 0 atom stereocenters. The number of hydrogen-bond acceptors (Lipinski definition) is 0. The Balaban J connectivity index is 0.000000274. The Hall–Kier alpha value is -0.464. The van der Waals surface area contributed by atoms with E-state index in [0.29, 0.717) is 0 Å². The van der Waals surface area contributed by atoms with Crippen LogP contribution in [-0.2, 0) is 8.26 Å². The van der Waals surface area contributed by atoms with Crippen LogP contribution in [0.3, 0.4) is 0 Å². The van der Waals surface area contributed by atoms with Gasteiger partial charge in [0.2, 0.25) is 0 Å². The van der Waals surface area contributed by atoms with Crippen LogP contribution in [0.25, 0.3) is 0 Å². The van der Waals surface area contributed by atoms with Crippen molar-refractivity contribution in [3.63, 3.8) is 0 Å². The molecular formula is C23H20CoI2P. The second-order valence-corrected chi connectivity index (χ2v) is 16.4. The number of allylic oxidation sites excluding steroid dienone is 4. The molecule has 1 aliphatic rings. The van der Waals surface area contributed by atoms with Gasteiger partial charge in [0.15, 0.2) is 0 Å². The molecule has 0 amide bonds. The minimum absolute atomic E-state index is 0.446. The first-order chi connectivity index (χ1) is 13.4. The minimum atomic E-state index is -0.446. The molecule has 0 nitrogen and oxygen atoms in total. The zero-order valence-electron chi connectivity index (χ0n) is 14.6. The summed E-state index contributed by atoms with van der Waals surface area (Å²) in [5.41, 5.74) is 0. The Kier molecular flexibility index (Phi) is 12.3. The van der Waals surface area contributed by atoms with Crippen molar-refractivity contribution in [2.45, 2.75) is 0 Å². The van der Waals surface area contributed by atoms with E-state index in [1.807, 2.05) is 30.7 Å².